The summed E-state index contributed by atoms with van der Waals surface area (Å²) in [6.07, 6.45) is 4.04. The summed E-state index contributed by atoms with van der Waals surface area (Å²) < 4.78 is 11.7. The van der Waals surface area contributed by atoms with Crippen LogP contribution in [0.1, 0.15) is 47.2 Å². The van der Waals surface area contributed by atoms with Crippen LogP contribution in [0.15, 0.2) is 47.6 Å². The maximum absolute atomic E-state index is 13.5. The van der Waals surface area contributed by atoms with Crippen molar-refractivity contribution in [2.75, 3.05) is 0 Å². The van der Waals surface area contributed by atoms with Crippen LogP contribution in [0.3, 0.4) is 0 Å². The molecule has 0 heterocycles. The number of carbonyl (C=O) groups excluding carboxylic acids is 2. The highest BCUT2D eigenvalue weighted by atomic mass is 16.5. The Morgan fingerprint density at radius 1 is 0.636 bits per heavy atom. The number of esters is 2. The highest BCUT2D eigenvalue weighted by Crippen LogP contribution is 2.57. The Hall–Kier alpha value is -3.14. The first-order valence-electron chi connectivity index (χ1n) is 11.5. The van der Waals surface area contributed by atoms with Gasteiger partial charge in [0.1, 0.15) is 11.5 Å². The molecular formula is C29H32O4. The smallest absolute Gasteiger partial charge is 0.340 e. The van der Waals surface area contributed by atoms with E-state index in [-0.39, 0.29) is 17.3 Å². The first-order chi connectivity index (χ1) is 15.4. The lowest BCUT2D eigenvalue weighted by molar-refractivity contribution is -0.133. The molecule has 2 atom stereocenters. The van der Waals surface area contributed by atoms with E-state index in [4.69, 9.17) is 9.47 Å². The van der Waals surface area contributed by atoms with Gasteiger partial charge in [-0.25, -0.2) is 9.59 Å². The van der Waals surface area contributed by atoms with Gasteiger partial charge in [-0.1, -0.05) is 38.1 Å². The Balaban J connectivity index is 1.71. The Labute approximate surface area is 196 Å². The molecule has 4 rings (SSSR count). The molecule has 2 unspecified atom stereocenters. The standard InChI is InChI=1S/C29H32O4/c1-15-9-13-23(19(5)17(15)3)32-27(30)25-21-11-12-22(29(21,7)8)26(25)28(31)33-24-14-10-16(2)18(4)20(24)6/h9-14,21-22H,1-8H3. The average Bonchev–Trinajstić information content (AvgIpc) is 3.19. The van der Waals surface area contributed by atoms with Crippen LogP contribution in [-0.2, 0) is 9.59 Å². The number of carbonyl (C=O) groups is 2. The molecule has 0 aliphatic heterocycles. The Morgan fingerprint density at radius 3 is 1.36 bits per heavy atom. The molecule has 2 bridgehead atoms. The van der Waals surface area contributed by atoms with Gasteiger partial charge >= 0.3 is 11.9 Å². The summed E-state index contributed by atoms with van der Waals surface area (Å²) in [6.45, 7) is 16.1. The van der Waals surface area contributed by atoms with Gasteiger partial charge in [-0.05, 0) is 92.5 Å². The van der Waals surface area contributed by atoms with Gasteiger partial charge in [-0.3, -0.25) is 0 Å². The summed E-state index contributed by atoms with van der Waals surface area (Å²) in [6, 6.07) is 7.53. The van der Waals surface area contributed by atoms with Crippen molar-refractivity contribution < 1.29 is 19.1 Å². The molecule has 4 heteroatoms. The molecule has 0 N–H and O–H groups in total. The third-order valence-electron chi connectivity index (χ3n) is 7.87. The number of hydrogen-bond donors (Lipinski definition) is 0. The monoisotopic (exact) mass is 444 g/mol. The minimum atomic E-state index is -0.477. The van der Waals surface area contributed by atoms with Crippen LogP contribution in [0, 0.1) is 58.8 Å². The van der Waals surface area contributed by atoms with Crippen molar-refractivity contribution in [2.24, 2.45) is 17.3 Å². The zero-order valence-electron chi connectivity index (χ0n) is 20.8. The minimum Gasteiger partial charge on any atom is -0.423 e. The van der Waals surface area contributed by atoms with Crippen molar-refractivity contribution in [3.63, 3.8) is 0 Å². The van der Waals surface area contributed by atoms with Gasteiger partial charge in [0.2, 0.25) is 0 Å². The second-order valence-electron chi connectivity index (χ2n) is 10.0. The molecule has 2 aliphatic rings. The van der Waals surface area contributed by atoms with Crippen LogP contribution in [0.2, 0.25) is 0 Å². The maximum Gasteiger partial charge on any atom is 0.340 e. The van der Waals surface area contributed by atoms with Crippen LogP contribution < -0.4 is 9.47 Å². The second kappa shape index (κ2) is 8.02. The predicted molar refractivity (Wildman–Crippen MR) is 130 cm³/mol. The SMILES string of the molecule is Cc1ccc(OC(=O)C2=C(C(=O)Oc3ccc(C)c(C)c3C)C3C=CC2C3(C)C)c(C)c1C. The number of ether oxygens (including phenoxy) is 2. The van der Waals surface area contributed by atoms with Crippen LogP contribution in [0.5, 0.6) is 11.5 Å². The highest BCUT2D eigenvalue weighted by molar-refractivity contribution is 6.05. The molecule has 2 aromatic rings. The van der Waals surface area contributed by atoms with Crippen molar-refractivity contribution in [3.05, 3.63) is 80.9 Å². The third kappa shape index (κ3) is 3.62. The van der Waals surface area contributed by atoms with Gasteiger partial charge in [0.25, 0.3) is 0 Å². The normalized spacial score (nSPS) is 20.4. The van der Waals surface area contributed by atoms with Crippen LogP contribution in [-0.4, -0.2) is 11.9 Å². The first kappa shape index (κ1) is 23.0. The number of allylic oxidation sites excluding steroid dienone is 2. The zero-order chi connectivity index (χ0) is 24.2. The maximum atomic E-state index is 13.5. The van der Waals surface area contributed by atoms with E-state index < -0.39 is 11.9 Å². The molecule has 0 aromatic heterocycles. The molecule has 0 radical (unpaired) electrons. The quantitative estimate of drug-likeness (QED) is 0.321. The van der Waals surface area contributed by atoms with E-state index >= 15 is 0 Å². The summed E-state index contributed by atoms with van der Waals surface area (Å²) >= 11 is 0. The molecular weight excluding hydrogens is 412 g/mol. The summed E-state index contributed by atoms with van der Waals surface area (Å²) in [5, 5.41) is 0. The fourth-order valence-electron chi connectivity index (χ4n) is 5.05. The largest absolute Gasteiger partial charge is 0.423 e. The first-order valence-corrected chi connectivity index (χ1v) is 11.5. The summed E-state index contributed by atoms with van der Waals surface area (Å²) in [7, 11) is 0. The molecule has 2 aliphatic carbocycles. The molecule has 0 spiro atoms. The van der Waals surface area contributed by atoms with Gasteiger partial charge in [0, 0.05) is 11.8 Å². The van der Waals surface area contributed by atoms with Gasteiger partial charge in [-0.15, -0.1) is 0 Å². The van der Waals surface area contributed by atoms with Gasteiger partial charge in [0.05, 0.1) is 11.1 Å². The van der Waals surface area contributed by atoms with Gasteiger partial charge in [-0.2, -0.15) is 0 Å². The number of fused-ring (bicyclic) bond motifs is 2. The predicted octanol–water partition coefficient (Wildman–Crippen LogP) is 6.19. The molecule has 172 valence electrons. The second-order valence-corrected chi connectivity index (χ2v) is 10.0. The number of rotatable bonds is 4. The van der Waals surface area contributed by atoms with Crippen LogP contribution in [0.25, 0.3) is 0 Å². The highest BCUT2D eigenvalue weighted by Gasteiger charge is 2.55. The zero-order valence-corrected chi connectivity index (χ0v) is 20.8. The van der Waals surface area contributed by atoms with E-state index in [9.17, 15) is 9.59 Å². The molecule has 4 nitrogen and oxygen atoms in total. The van der Waals surface area contributed by atoms with E-state index in [0.717, 1.165) is 33.4 Å². The fraction of sp³-hybridized carbons (Fsp3) is 0.379. The van der Waals surface area contributed by atoms with E-state index in [1.165, 1.54) is 0 Å². The van der Waals surface area contributed by atoms with E-state index in [0.29, 0.717) is 22.6 Å². The van der Waals surface area contributed by atoms with Crippen LogP contribution >= 0.6 is 0 Å². The summed E-state index contributed by atoms with van der Waals surface area (Å²) in [5.41, 5.74) is 6.85. The molecule has 0 amide bonds. The third-order valence-corrected chi connectivity index (χ3v) is 7.87. The molecule has 0 saturated heterocycles. The van der Waals surface area contributed by atoms with Crippen molar-refractivity contribution in [1.29, 1.82) is 0 Å². The molecule has 33 heavy (non-hydrogen) atoms. The number of benzene rings is 2. The fourth-order valence-corrected chi connectivity index (χ4v) is 5.05. The van der Waals surface area contributed by atoms with Crippen molar-refractivity contribution in [2.45, 2.75) is 55.4 Å². The summed E-state index contributed by atoms with van der Waals surface area (Å²) in [5.74, 6) is -0.281. The van der Waals surface area contributed by atoms with E-state index in [1.54, 1.807) is 0 Å². The Morgan fingerprint density at radius 2 is 1.00 bits per heavy atom. The topological polar surface area (TPSA) is 52.6 Å². The summed E-state index contributed by atoms with van der Waals surface area (Å²) in [4.78, 5) is 26.9. The van der Waals surface area contributed by atoms with Crippen molar-refractivity contribution in [1.82, 2.24) is 0 Å². The Kier molecular flexibility index (Phi) is 5.60. The van der Waals surface area contributed by atoms with Crippen molar-refractivity contribution >= 4 is 11.9 Å². The average molecular weight is 445 g/mol. The molecule has 0 saturated carbocycles. The number of aryl methyl sites for hydroxylation is 2. The lowest BCUT2D eigenvalue weighted by Crippen LogP contribution is -2.24. The van der Waals surface area contributed by atoms with Crippen molar-refractivity contribution in [3.8, 4) is 11.5 Å². The molecule has 2 aromatic carbocycles. The Bertz CT molecular complexity index is 1150. The minimum absolute atomic E-state index is 0.190. The van der Waals surface area contributed by atoms with Crippen LogP contribution in [0.4, 0.5) is 0 Å². The molecule has 0 fully saturated rings. The van der Waals surface area contributed by atoms with Gasteiger partial charge in [0.15, 0.2) is 0 Å². The number of hydrogen-bond acceptors (Lipinski definition) is 4. The van der Waals surface area contributed by atoms with E-state index in [2.05, 4.69) is 13.8 Å². The lowest BCUT2D eigenvalue weighted by atomic mass is 9.77. The van der Waals surface area contributed by atoms with E-state index in [1.807, 2.05) is 78.0 Å². The lowest BCUT2D eigenvalue weighted by Gasteiger charge is -2.26. The van der Waals surface area contributed by atoms with Gasteiger partial charge < -0.3 is 9.47 Å².